The molecule has 0 radical (unpaired) electrons. The summed E-state index contributed by atoms with van der Waals surface area (Å²) in [6.07, 6.45) is 3.21. The Morgan fingerprint density at radius 3 is 2.83 bits per heavy atom. The van der Waals surface area contributed by atoms with Crippen LogP contribution >= 0.6 is 0 Å². The minimum atomic E-state index is -0.213. The molecule has 0 spiro atoms. The highest BCUT2D eigenvalue weighted by Crippen LogP contribution is 2.19. The number of phenolic OH excluding ortho intramolecular Hbond substituents is 1. The van der Waals surface area contributed by atoms with Crippen LogP contribution < -0.4 is 5.73 Å². The minimum absolute atomic E-state index is 0.0346. The maximum Gasteiger partial charge on any atom is 0.189 e. The number of ketones is 1. The highest BCUT2D eigenvalue weighted by atomic mass is 16.5. The summed E-state index contributed by atoms with van der Waals surface area (Å²) in [6, 6.07) is 4.35. The van der Waals surface area contributed by atoms with Crippen LogP contribution in [-0.2, 0) is 4.74 Å². The lowest BCUT2D eigenvalue weighted by Gasteiger charge is -2.24. The Bertz CT molecular complexity index is 465. The van der Waals surface area contributed by atoms with Crippen LogP contribution in [0.1, 0.15) is 10.4 Å². The fourth-order valence-corrected chi connectivity index (χ4v) is 1.75. The van der Waals surface area contributed by atoms with Gasteiger partial charge in [0.05, 0.1) is 13.2 Å². The average molecular weight is 248 g/mol. The van der Waals surface area contributed by atoms with E-state index in [4.69, 9.17) is 10.5 Å². The molecular formula is C13H16N2O3. The number of nitrogens with two attached hydrogens (primary N) is 1. The van der Waals surface area contributed by atoms with Gasteiger partial charge in [0.15, 0.2) is 5.78 Å². The Hall–Kier alpha value is -2.01. The number of anilines is 1. The zero-order valence-electron chi connectivity index (χ0n) is 10.0. The Kier molecular flexibility index (Phi) is 3.84. The largest absolute Gasteiger partial charge is 0.508 e. The first-order valence-corrected chi connectivity index (χ1v) is 5.79. The molecule has 0 atom stereocenters. The quantitative estimate of drug-likeness (QED) is 0.361. The number of morpholine rings is 1. The van der Waals surface area contributed by atoms with Gasteiger partial charge in [0.1, 0.15) is 5.75 Å². The van der Waals surface area contributed by atoms with E-state index in [0.717, 1.165) is 13.1 Å². The number of benzene rings is 1. The van der Waals surface area contributed by atoms with Crippen molar-refractivity contribution in [1.29, 1.82) is 0 Å². The maximum atomic E-state index is 11.9. The third-order valence-corrected chi connectivity index (χ3v) is 2.78. The number of ether oxygens (including phenoxy) is 1. The van der Waals surface area contributed by atoms with Gasteiger partial charge in [-0.2, -0.15) is 0 Å². The lowest BCUT2D eigenvalue weighted by atomic mass is 10.1. The molecule has 0 saturated carbocycles. The Balaban J connectivity index is 2.06. The highest BCUT2D eigenvalue weighted by molar-refractivity contribution is 6.08. The maximum absolute atomic E-state index is 11.9. The number of carbonyl (C=O) groups is 1. The van der Waals surface area contributed by atoms with Crippen molar-refractivity contribution in [3.8, 4) is 5.75 Å². The van der Waals surface area contributed by atoms with E-state index in [9.17, 15) is 9.90 Å². The number of nitrogens with zero attached hydrogens (tertiary/aromatic N) is 1. The summed E-state index contributed by atoms with van der Waals surface area (Å²) in [5, 5.41) is 9.34. The lowest BCUT2D eigenvalue weighted by molar-refractivity contribution is 0.0591. The van der Waals surface area contributed by atoms with E-state index in [0.29, 0.717) is 24.5 Å². The van der Waals surface area contributed by atoms with E-state index in [2.05, 4.69) is 0 Å². The predicted molar refractivity (Wildman–Crippen MR) is 68.4 cm³/mol. The molecule has 18 heavy (non-hydrogen) atoms. The minimum Gasteiger partial charge on any atom is -0.508 e. The van der Waals surface area contributed by atoms with Gasteiger partial charge < -0.3 is 20.5 Å². The number of hydrogen-bond donors (Lipinski definition) is 2. The molecule has 1 aromatic carbocycles. The van der Waals surface area contributed by atoms with Crippen LogP contribution in [0.4, 0.5) is 5.69 Å². The second-order valence-electron chi connectivity index (χ2n) is 4.10. The Morgan fingerprint density at radius 1 is 1.39 bits per heavy atom. The number of aromatic hydroxyl groups is 1. The van der Waals surface area contributed by atoms with Crippen molar-refractivity contribution in [2.45, 2.75) is 0 Å². The van der Waals surface area contributed by atoms with Crippen molar-refractivity contribution < 1.29 is 14.6 Å². The van der Waals surface area contributed by atoms with Gasteiger partial charge in [-0.25, -0.2) is 0 Å². The molecule has 1 aliphatic heterocycles. The SMILES string of the molecule is Nc1ccc(O)cc1C(=O)C=CN1CCOCC1. The van der Waals surface area contributed by atoms with Crippen molar-refractivity contribution in [2.24, 2.45) is 0 Å². The molecule has 1 saturated heterocycles. The van der Waals surface area contributed by atoms with Crippen LogP contribution in [0.2, 0.25) is 0 Å². The first-order chi connectivity index (χ1) is 8.66. The molecule has 0 amide bonds. The summed E-state index contributed by atoms with van der Waals surface area (Å²) in [6.45, 7) is 2.90. The van der Waals surface area contributed by atoms with E-state index in [1.54, 1.807) is 6.20 Å². The van der Waals surface area contributed by atoms with Gasteiger partial charge in [-0.05, 0) is 18.2 Å². The smallest absolute Gasteiger partial charge is 0.189 e. The monoisotopic (exact) mass is 248 g/mol. The molecule has 5 heteroatoms. The van der Waals surface area contributed by atoms with Gasteiger partial charge in [-0.1, -0.05) is 0 Å². The second-order valence-corrected chi connectivity index (χ2v) is 4.10. The zero-order valence-corrected chi connectivity index (χ0v) is 10.0. The van der Waals surface area contributed by atoms with Gasteiger partial charge in [-0.15, -0.1) is 0 Å². The van der Waals surface area contributed by atoms with E-state index in [-0.39, 0.29) is 11.5 Å². The molecule has 1 heterocycles. The third kappa shape index (κ3) is 3.01. The normalized spacial score (nSPS) is 16.1. The van der Waals surface area contributed by atoms with Crippen LogP contribution in [-0.4, -0.2) is 42.1 Å². The Morgan fingerprint density at radius 2 is 2.11 bits per heavy atom. The molecule has 0 bridgehead atoms. The number of hydrogen-bond acceptors (Lipinski definition) is 5. The Labute approximate surface area is 105 Å². The van der Waals surface area contributed by atoms with Crippen LogP contribution in [0.25, 0.3) is 0 Å². The standard InChI is InChI=1S/C13H16N2O3/c14-12-2-1-10(16)9-11(12)13(17)3-4-15-5-7-18-8-6-15/h1-4,9,16H,5-8,14H2. The van der Waals surface area contributed by atoms with Gasteiger partial charge in [0.25, 0.3) is 0 Å². The van der Waals surface area contributed by atoms with Gasteiger partial charge >= 0.3 is 0 Å². The number of phenols is 1. The predicted octanol–water partition coefficient (Wildman–Crippen LogP) is 1.00. The number of nitrogen functional groups attached to an aromatic ring is 1. The molecular weight excluding hydrogens is 232 g/mol. The average Bonchev–Trinajstić information content (AvgIpc) is 2.40. The number of carbonyl (C=O) groups excluding carboxylic acids is 1. The summed E-state index contributed by atoms with van der Waals surface area (Å²) in [5.41, 5.74) is 6.38. The van der Waals surface area contributed by atoms with Gasteiger partial charge in [-0.3, -0.25) is 4.79 Å². The molecule has 1 aromatic rings. The number of allylic oxidation sites excluding steroid dienone is 1. The van der Waals surface area contributed by atoms with Gasteiger partial charge in [0, 0.05) is 36.6 Å². The summed E-state index contributed by atoms with van der Waals surface area (Å²) in [7, 11) is 0. The zero-order chi connectivity index (χ0) is 13.0. The molecule has 96 valence electrons. The summed E-state index contributed by atoms with van der Waals surface area (Å²) < 4.78 is 5.21. The fourth-order valence-electron chi connectivity index (χ4n) is 1.75. The van der Waals surface area contributed by atoms with Crippen LogP contribution in [0.3, 0.4) is 0 Å². The molecule has 0 aliphatic carbocycles. The molecule has 0 unspecified atom stereocenters. The van der Waals surface area contributed by atoms with E-state index in [1.165, 1.54) is 24.3 Å². The highest BCUT2D eigenvalue weighted by Gasteiger charge is 2.09. The van der Waals surface area contributed by atoms with Crippen LogP contribution in [0.5, 0.6) is 5.75 Å². The van der Waals surface area contributed by atoms with Crippen molar-refractivity contribution in [2.75, 3.05) is 32.0 Å². The van der Waals surface area contributed by atoms with Gasteiger partial charge in [0.2, 0.25) is 0 Å². The van der Waals surface area contributed by atoms with E-state index >= 15 is 0 Å². The third-order valence-electron chi connectivity index (χ3n) is 2.78. The van der Waals surface area contributed by atoms with Crippen LogP contribution in [0, 0.1) is 0 Å². The molecule has 0 aromatic heterocycles. The fraction of sp³-hybridized carbons (Fsp3) is 0.308. The van der Waals surface area contributed by atoms with E-state index in [1.807, 2.05) is 4.90 Å². The van der Waals surface area contributed by atoms with Crippen LogP contribution in [0.15, 0.2) is 30.5 Å². The summed E-state index contributed by atoms with van der Waals surface area (Å²) in [4.78, 5) is 13.9. The summed E-state index contributed by atoms with van der Waals surface area (Å²) >= 11 is 0. The first kappa shape index (κ1) is 12.4. The number of rotatable bonds is 3. The van der Waals surface area contributed by atoms with Crippen molar-refractivity contribution in [3.63, 3.8) is 0 Å². The van der Waals surface area contributed by atoms with E-state index < -0.39 is 0 Å². The van der Waals surface area contributed by atoms with Crippen molar-refractivity contribution >= 4 is 11.5 Å². The first-order valence-electron chi connectivity index (χ1n) is 5.79. The van der Waals surface area contributed by atoms with Crippen molar-refractivity contribution in [3.05, 3.63) is 36.0 Å². The molecule has 1 fully saturated rings. The molecule has 3 N–H and O–H groups in total. The molecule has 2 rings (SSSR count). The molecule has 5 nitrogen and oxygen atoms in total. The second kappa shape index (κ2) is 5.55. The molecule has 1 aliphatic rings. The van der Waals surface area contributed by atoms with Crippen molar-refractivity contribution in [1.82, 2.24) is 4.90 Å². The lowest BCUT2D eigenvalue weighted by Crippen LogP contribution is -2.32. The topological polar surface area (TPSA) is 75.8 Å². The summed E-state index contributed by atoms with van der Waals surface area (Å²) in [5.74, 6) is -0.179.